The summed E-state index contributed by atoms with van der Waals surface area (Å²) in [7, 11) is 0. The normalized spacial score (nSPS) is 12.9. The van der Waals surface area contributed by atoms with Crippen molar-refractivity contribution in [3.63, 3.8) is 0 Å². The van der Waals surface area contributed by atoms with E-state index in [-0.39, 0.29) is 0 Å². The van der Waals surface area contributed by atoms with Gasteiger partial charge in [-0.05, 0) is 42.3 Å². The van der Waals surface area contributed by atoms with Crippen molar-refractivity contribution in [2.75, 3.05) is 6.61 Å². The molecule has 0 fully saturated rings. The Kier molecular flexibility index (Phi) is 2.15. The molecule has 1 N–H and O–H groups in total. The number of benzene rings is 1. The van der Waals surface area contributed by atoms with Gasteiger partial charge in [0.15, 0.2) is 0 Å². The molecule has 17 heavy (non-hydrogen) atoms. The second kappa shape index (κ2) is 3.67. The molecule has 2 heterocycles. The van der Waals surface area contributed by atoms with Crippen molar-refractivity contribution in [3.8, 4) is 23.1 Å². The Balaban J connectivity index is 2.07. The summed E-state index contributed by atoms with van der Waals surface area (Å²) < 4.78 is 5.48. The van der Waals surface area contributed by atoms with Gasteiger partial charge in [-0.15, -0.1) is 0 Å². The van der Waals surface area contributed by atoms with Gasteiger partial charge in [0.1, 0.15) is 11.8 Å². The minimum Gasteiger partial charge on any atom is -0.493 e. The van der Waals surface area contributed by atoms with E-state index in [4.69, 9.17) is 10.00 Å². The number of fused-ring (bicyclic) bond motifs is 1. The van der Waals surface area contributed by atoms with Crippen LogP contribution in [-0.2, 0) is 6.42 Å². The van der Waals surface area contributed by atoms with Crippen LogP contribution in [0.4, 0.5) is 0 Å². The third-order valence-electron chi connectivity index (χ3n) is 3.14. The molecule has 1 aliphatic rings. The zero-order valence-electron chi connectivity index (χ0n) is 9.58. The molecule has 84 valence electrons. The highest BCUT2D eigenvalue weighted by molar-refractivity contribution is 5.65. The monoisotopic (exact) mass is 224 g/mol. The lowest BCUT2D eigenvalue weighted by molar-refractivity contribution is 0.357. The Hall–Kier alpha value is -2.21. The zero-order chi connectivity index (χ0) is 11.8. The number of aromatic nitrogens is 1. The number of H-pyrrole nitrogens is 1. The van der Waals surface area contributed by atoms with Crippen molar-refractivity contribution in [1.82, 2.24) is 4.98 Å². The topological polar surface area (TPSA) is 48.8 Å². The fourth-order valence-electron chi connectivity index (χ4n) is 2.18. The lowest BCUT2D eigenvalue weighted by Gasteiger charge is -2.02. The van der Waals surface area contributed by atoms with E-state index in [0.29, 0.717) is 5.56 Å². The zero-order valence-corrected chi connectivity index (χ0v) is 9.58. The van der Waals surface area contributed by atoms with Gasteiger partial charge < -0.3 is 9.72 Å². The molecule has 0 saturated carbocycles. The summed E-state index contributed by atoms with van der Waals surface area (Å²) in [5.41, 5.74) is 4.97. The average molecular weight is 224 g/mol. The standard InChI is InChI=1S/C14H12N2O/c1-9-12(8-15)7-13(16-9)10-2-3-14-11(6-10)4-5-17-14/h2-3,6-7,16H,4-5H2,1H3. The maximum absolute atomic E-state index is 8.94. The van der Waals surface area contributed by atoms with Gasteiger partial charge in [-0.1, -0.05) is 0 Å². The Morgan fingerprint density at radius 1 is 1.35 bits per heavy atom. The predicted octanol–water partition coefficient (Wildman–Crippen LogP) is 2.80. The summed E-state index contributed by atoms with van der Waals surface area (Å²) in [6, 6.07) is 10.2. The fraction of sp³-hybridized carbons (Fsp3) is 0.214. The smallest absolute Gasteiger partial charge is 0.122 e. The largest absolute Gasteiger partial charge is 0.493 e. The molecule has 1 aromatic carbocycles. The molecule has 3 rings (SSSR count). The molecule has 0 unspecified atom stereocenters. The predicted molar refractivity (Wildman–Crippen MR) is 64.9 cm³/mol. The van der Waals surface area contributed by atoms with Gasteiger partial charge in [0.25, 0.3) is 0 Å². The number of nitrogens with one attached hydrogen (secondary N) is 1. The number of rotatable bonds is 1. The number of ether oxygens (including phenoxy) is 1. The van der Waals surface area contributed by atoms with Crippen molar-refractivity contribution < 1.29 is 4.74 Å². The van der Waals surface area contributed by atoms with Gasteiger partial charge in [0.2, 0.25) is 0 Å². The first-order valence-electron chi connectivity index (χ1n) is 5.64. The van der Waals surface area contributed by atoms with Crippen LogP contribution in [0.2, 0.25) is 0 Å². The van der Waals surface area contributed by atoms with Gasteiger partial charge >= 0.3 is 0 Å². The summed E-state index contributed by atoms with van der Waals surface area (Å²) >= 11 is 0. The molecule has 0 aliphatic carbocycles. The second-order valence-corrected chi connectivity index (χ2v) is 4.25. The van der Waals surface area contributed by atoms with Crippen LogP contribution in [0, 0.1) is 18.3 Å². The van der Waals surface area contributed by atoms with Gasteiger partial charge in [0, 0.05) is 17.8 Å². The quantitative estimate of drug-likeness (QED) is 0.809. The van der Waals surface area contributed by atoms with E-state index in [1.807, 2.05) is 25.1 Å². The lowest BCUT2D eigenvalue weighted by Crippen LogP contribution is -1.85. The van der Waals surface area contributed by atoms with E-state index >= 15 is 0 Å². The number of nitriles is 1. The minimum atomic E-state index is 0.705. The van der Waals surface area contributed by atoms with E-state index in [2.05, 4.69) is 17.1 Å². The van der Waals surface area contributed by atoms with E-state index in [1.54, 1.807) is 0 Å². The molecular weight excluding hydrogens is 212 g/mol. The van der Waals surface area contributed by atoms with E-state index in [1.165, 1.54) is 5.56 Å². The Morgan fingerprint density at radius 2 is 2.24 bits per heavy atom. The number of nitrogens with zero attached hydrogens (tertiary/aromatic N) is 1. The van der Waals surface area contributed by atoms with E-state index < -0.39 is 0 Å². The van der Waals surface area contributed by atoms with Gasteiger partial charge in [0.05, 0.1) is 12.2 Å². The van der Waals surface area contributed by atoms with Crippen LogP contribution < -0.4 is 4.74 Å². The van der Waals surface area contributed by atoms with Crippen LogP contribution in [0.1, 0.15) is 16.8 Å². The summed E-state index contributed by atoms with van der Waals surface area (Å²) in [6.07, 6.45) is 0.966. The van der Waals surface area contributed by atoms with Crippen LogP contribution in [0.15, 0.2) is 24.3 Å². The summed E-state index contributed by atoms with van der Waals surface area (Å²) in [6.45, 7) is 2.69. The molecule has 2 aromatic rings. The van der Waals surface area contributed by atoms with Crippen molar-refractivity contribution in [1.29, 1.82) is 5.26 Å². The third-order valence-corrected chi connectivity index (χ3v) is 3.14. The van der Waals surface area contributed by atoms with Crippen LogP contribution in [0.5, 0.6) is 5.75 Å². The highest BCUT2D eigenvalue weighted by Gasteiger charge is 2.13. The molecule has 1 aromatic heterocycles. The molecule has 0 atom stereocenters. The highest BCUT2D eigenvalue weighted by Crippen LogP contribution is 2.30. The Bertz CT molecular complexity index is 620. The van der Waals surface area contributed by atoms with Gasteiger partial charge in [-0.25, -0.2) is 0 Å². The van der Waals surface area contributed by atoms with Gasteiger partial charge in [-0.3, -0.25) is 0 Å². The third kappa shape index (κ3) is 1.58. The number of hydrogen-bond acceptors (Lipinski definition) is 2. The van der Waals surface area contributed by atoms with Crippen LogP contribution in [-0.4, -0.2) is 11.6 Å². The van der Waals surface area contributed by atoms with Crippen LogP contribution in [0.25, 0.3) is 11.3 Å². The molecule has 0 spiro atoms. The van der Waals surface area contributed by atoms with Crippen molar-refractivity contribution in [2.24, 2.45) is 0 Å². The first kappa shape index (κ1) is 9.98. The molecule has 3 nitrogen and oxygen atoms in total. The molecular formula is C14H12N2O. The van der Waals surface area contributed by atoms with E-state index in [0.717, 1.165) is 35.7 Å². The average Bonchev–Trinajstić information content (AvgIpc) is 2.93. The summed E-state index contributed by atoms with van der Waals surface area (Å²) in [5.74, 6) is 0.984. The molecule has 0 saturated heterocycles. The minimum absolute atomic E-state index is 0.705. The number of aromatic amines is 1. The van der Waals surface area contributed by atoms with Gasteiger partial charge in [-0.2, -0.15) is 5.26 Å². The van der Waals surface area contributed by atoms with Crippen molar-refractivity contribution >= 4 is 0 Å². The highest BCUT2D eigenvalue weighted by atomic mass is 16.5. The molecule has 3 heteroatoms. The summed E-state index contributed by atoms with van der Waals surface area (Å²) in [4.78, 5) is 3.24. The van der Waals surface area contributed by atoms with Crippen molar-refractivity contribution in [2.45, 2.75) is 13.3 Å². The number of hydrogen-bond donors (Lipinski definition) is 1. The first-order valence-corrected chi connectivity index (χ1v) is 5.64. The Labute approximate surface area is 99.7 Å². The van der Waals surface area contributed by atoms with Crippen molar-refractivity contribution in [3.05, 3.63) is 41.1 Å². The maximum Gasteiger partial charge on any atom is 0.122 e. The van der Waals surface area contributed by atoms with Crippen LogP contribution in [0.3, 0.4) is 0 Å². The van der Waals surface area contributed by atoms with E-state index in [9.17, 15) is 0 Å². The molecule has 0 bridgehead atoms. The first-order chi connectivity index (χ1) is 8.28. The SMILES string of the molecule is Cc1[nH]c(-c2ccc3c(c2)CCO3)cc1C#N. The molecule has 1 aliphatic heterocycles. The maximum atomic E-state index is 8.94. The van der Waals surface area contributed by atoms with Crippen LogP contribution >= 0.6 is 0 Å². The Morgan fingerprint density at radius 3 is 3.00 bits per heavy atom. The molecule has 0 radical (unpaired) electrons. The lowest BCUT2D eigenvalue weighted by atomic mass is 10.1. The second-order valence-electron chi connectivity index (χ2n) is 4.25. The summed E-state index contributed by atoms with van der Waals surface area (Å²) in [5, 5.41) is 8.94. The number of aryl methyl sites for hydroxylation is 1. The molecule has 0 amide bonds. The fourth-order valence-corrected chi connectivity index (χ4v) is 2.18.